The van der Waals surface area contributed by atoms with Crippen LogP contribution in [0.3, 0.4) is 0 Å². The summed E-state index contributed by atoms with van der Waals surface area (Å²) >= 11 is 0. The smallest absolute Gasteiger partial charge is 0.140 e. The zero-order chi connectivity index (χ0) is 51.3. The third kappa shape index (κ3) is 7.49. The molecule has 0 amide bonds. The molecule has 1 radical (unpaired) electrons. The van der Waals surface area contributed by atoms with Gasteiger partial charge in [-0.2, -0.15) is 0 Å². The molecule has 0 spiro atoms. The van der Waals surface area contributed by atoms with Gasteiger partial charge in [0.25, 0.3) is 0 Å². The zero-order valence-corrected chi connectivity index (χ0v) is 41.3. The number of nitrogens with zero attached hydrogens (tertiary/aromatic N) is 4. The topological polar surface area (TPSA) is 69.9 Å². The molecule has 0 bridgehead atoms. The molecule has 7 heteroatoms. The Morgan fingerprint density at radius 1 is 0.632 bits per heavy atom. The Morgan fingerprint density at radius 3 is 2.18 bits per heavy atom. The molecular formula is C61H52IrN4O2-2. The molecule has 12 aromatic rings. The van der Waals surface area contributed by atoms with Crippen molar-refractivity contribution >= 4 is 76.5 Å². The summed E-state index contributed by atoms with van der Waals surface area (Å²) in [6.07, 6.45) is 1.81. The van der Waals surface area contributed by atoms with Crippen LogP contribution in [0.5, 0.6) is 0 Å². The summed E-state index contributed by atoms with van der Waals surface area (Å²) in [5.41, 5.74) is 7.77. The van der Waals surface area contributed by atoms with Crippen molar-refractivity contribution in [2.24, 2.45) is 0 Å². The third-order valence-electron chi connectivity index (χ3n) is 12.8. The molecule has 0 aliphatic rings. The van der Waals surface area contributed by atoms with Gasteiger partial charge in [0, 0.05) is 73.0 Å². The number of rotatable bonds is 5. The van der Waals surface area contributed by atoms with Crippen molar-refractivity contribution in [3.8, 4) is 28.5 Å². The molecule has 0 saturated carbocycles. The van der Waals surface area contributed by atoms with Crippen LogP contribution in [0.25, 0.3) is 105 Å². The molecule has 0 atom stereocenters. The Hall–Kier alpha value is -6.92. The summed E-state index contributed by atoms with van der Waals surface area (Å²) in [5.74, 6) is 0.975. The monoisotopic (exact) mass is 1070 g/mol. The Labute approximate surface area is 418 Å². The van der Waals surface area contributed by atoms with Crippen LogP contribution in [0.4, 0.5) is 0 Å². The van der Waals surface area contributed by atoms with Crippen LogP contribution >= 0.6 is 0 Å². The average molecular weight is 1070 g/mol. The van der Waals surface area contributed by atoms with Crippen molar-refractivity contribution in [1.82, 2.24) is 19.5 Å². The van der Waals surface area contributed by atoms with Gasteiger partial charge in [-0.05, 0) is 100 Å². The number of fused-ring (bicyclic) bond motifs is 10. The minimum absolute atomic E-state index is 0. The second-order valence-electron chi connectivity index (χ2n) is 19.0. The van der Waals surface area contributed by atoms with Gasteiger partial charge in [0.05, 0.1) is 28.3 Å². The van der Waals surface area contributed by atoms with Gasteiger partial charge in [-0.3, -0.25) is 15.0 Å². The fraction of sp³-hybridized carbons (Fsp3) is 0.197. The van der Waals surface area contributed by atoms with Crippen LogP contribution in [0.1, 0.15) is 96.5 Å². The summed E-state index contributed by atoms with van der Waals surface area (Å²) in [7, 11) is 0. The van der Waals surface area contributed by atoms with Gasteiger partial charge in [-0.25, -0.2) is 0 Å². The van der Waals surface area contributed by atoms with Crippen molar-refractivity contribution < 1.29 is 37.2 Å². The predicted molar refractivity (Wildman–Crippen MR) is 278 cm³/mol. The van der Waals surface area contributed by atoms with Crippen LogP contribution < -0.4 is 0 Å². The minimum Gasteiger partial charge on any atom is -0.501 e. The van der Waals surface area contributed by atoms with Crippen LogP contribution in [-0.2, 0) is 25.5 Å². The van der Waals surface area contributed by atoms with E-state index in [4.69, 9.17) is 22.0 Å². The van der Waals surface area contributed by atoms with Crippen molar-refractivity contribution in [2.45, 2.75) is 79.4 Å². The van der Waals surface area contributed by atoms with E-state index in [-0.39, 0.29) is 54.0 Å². The molecular weight excluding hydrogens is 1010 g/mol. The second-order valence-corrected chi connectivity index (χ2v) is 19.0. The zero-order valence-electron chi connectivity index (χ0n) is 44.9. The van der Waals surface area contributed by atoms with Crippen molar-refractivity contribution in [3.05, 3.63) is 180 Å². The van der Waals surface area contributed by atoms with E-state index in [0.717, 1.165) is 76.9 Å². The van der Waals surface area contributed by atoms with E-state index in [0.29, 0.717) is 39.3 Å². The average Bonchev–Trinajstić information content (AvgIpc) is 4.05. The van der Waals surface area contributed by atoms with Crippen LogP contribution in [0.2, 0.25) is 0 Å². The van der Waals surface area contributed by atoms with Crippen LogP contribution in [-0.4, -0.2) is 19.5 Å². The van der Waals surface area contributed by atoms with E-state index in [1.807, 2.05) is 89.6 Å². The van der Waals surface area contributed by atoms with Gasteiger partial charge in [-0.15, -0.1) is 54.1 Å². The molecule has 4 aromatic heterocycles. The van der Waals surface area contributed by atoms with E-state index in [2.05, 4.69) is 113 Å². The first-order valence-corrected chi connectivity index (χ1v) is 22.8. The predicted octanol–water partition coefficient (Wildman–Crippen LogP) is 16.7. The normalized spacial score (nSPS) is 13.7. The standard InChI is InChI=1S/C47H37N2O2.C14H15N2.Ir/c1-25(2)35-23-38-32-14-9-10-17-40(32)50-46(38)42(26(3)4)44(35)49-43-28(6)27(5)18-21-39(43)48-47(49)34-16-11-15-33-37-22-30-20-19-29-12-7-8-13-31(29)36(30)24-41(37)51-45(33)34;1-14(2,3)12-9-10-15-13(16-12)11-7-5-4-6-8-11;/h7-15,17-26H,1-6H3;4-7,9-10H,1-3H3;/q2*-1;/i5D3,6D3;;. The minimum atomic E-state index is -2.81. The van der Waals surface area contributed by atoms with E-state index in [1.165, 1.54) is 6.07 Å². The van der Waals surface area contributed by atoms with Crippen molar-refractivity contribution in [2.75, 3.05) is 0 Å². The molecule has 0 aliphatic carbocycles. The summed E-state index contributed by atoms with van der Waals surface area (Å²) in [4.78, 5) is 14.1. The fourth-order valence-electron chi connectivity index (χ4n) is 9.52. The molecule has 4 heterocycles. The van der Waals surface area contributed by atoms with Crippen LogP contribution in [0, 0.1) is 25.8 Å². The molecule has 6 nitrogen and oxygen atoms in total. The first-order valence-electron chi connectivity index (χ1n) is 25.8. The number of aryl methyl sites for hydroxylation is 2. The quantitative estimate of drug-likeness (QED) is 0.127. The Morgan fingerprint density at radius 2 is 1.41 bits per heavy atom. The van der Waals surface area contributed by atoms with Gasteiger partial charge in [-0.1, -0.05) is 120 Å². The van der Waals surface area contributed by atoms with E-state index in [1.54, 1.807) is 6.07 Å². The number of hydrogen-bond donors (Lipinski definition) is 0. The Kier molecular flexibility index (Phi) is 9.69. The van der Waals surface area contributed by atoms with Crippen molar-refractivity contribution in [3.63, 3.8) is 0 Å². The van der Waals surface area contributed by atoms with Gasteiger partial charge >= 0.3 is 0 Å². The number of para-hydroxylation sites is 1. The molecule has 8 aromatic carbocycles. The van der Waals surface area contributed by atoms with Crippen LogP contribution in [0.15, 0.2) is 148 Å². The largest absolute Gasteiger partial charge is 0.501 e. The van der Waals surface area contributed by atoms with E-state index >= 15 is 0 Å². The molecule has 68 heavy (non-hydrogen) atoms. The maximum Gasteiger partial charge on any atom is 0.140 e. The molecule has 0 saturated heterocycles. The molecule has 0 fully saturated rings. The summed E-state index contributed by atoms with van der Waals surface area (Å²) in [6.45, 7) is 9.31. The number of hydrogen-bond acceptors (Lipinski definition) is 5. The Bertz CT molecular complexity index is 4120. The molecule has 339 valence electrons. The number of furan rings is 2. The number of imidazole rings is 1. The molecule has 0 N–H and O–H groups in total. The van der Waals surface area contributed by atoms with Gasteiger partial charge in [0.2, 0.25) is 0 Å². The van der Waals surface area contributed by atoms with Crippen molar-refractivity contribution in [1.29, 1.82) is 0 Å². The maximum atomic E-state index is 8.86. The third-order valence-corrected chi connectivity index (χ3v) is 12.8. The summed E-state index contributed by atoms with van der Waals surface area (Å²) in [6, 6.07) is 49.9. The van der Waals surface area contributed by atoms with Gasteiger partial charge in [0.1, 0.15) is 16.7 Å². The molecule has 0 unspecified atom stereocenters. The summed E-state index contributed by atoms with van der Waals surface area (Å²) in [5, 5.41) is 8.11. The molecule has 0 aliphatic heterocycles. The Balaban J connectivity index is 0.000000315. The first-order chi connectivity index (χ1) is 34.8. The second kappa shape index (κ2) is 17.3. The van der Waals surface area contributed by atoms with Gasteiger partial charge < -0.3 is 13.4 Å². The maximum absolute atomic E-state index is 8.86. The van der Waals surface area contributed by atoms with E-state index < -0.39 is 13.7 Å². The number of benzene rings is 8. The SMILES string of the molecule is CC(C)(C)c1ccnc(-c2[c-]cccc2)n1.[2H]C([2H])([2H])c1ccc2nc(-c3[c-]ccc4c3oc3cc5c(ccc6ccccc65)cc34)n(-c3c(C(C)C)cc4c(oc5ccccc54)c3C(C)C)c2c1C([2H])([2H])[2H].[Ir]. The van der Waals surface area contributed by atoms with E-state index in [9.17, 15) is 0 Å². The fourth-order valence-corrected chi connectivity index (χ4v) is 9.52. The molecule has 12 rings (SSSR count). The number of aromatic nitrogens is 4. The summed E-state index contributed by atoms with van der Waals surface area (Å²) < 4.78 is 67.4. The first kappa shape index (κ1) is 38.1. The van der Waals surface area contributed by atoms with Gasteiger partial charge in [0.15, 0.2) is 0 Å².